The zero-order valence-electron chi connectivity index (χ0n) is 19.1. The number of likely N-dealkylation sites (tertiary alicyclic amines) is 1. The molecule has 1 aromatic carbocycles. The van der Waals surface area contributed by atoms with Crippen molar-refractivity contribution in [2.24, 2.45) is 11.8 Å². The second-order valence-corrected chi connectivity index (χ2v) is 11.7. The number of nitrogens with zero attached hydrogens (tertiary/aromatic N) is 2. The average Bonchev–Trinajstić information content (AvgIpc) is 3.74. The average molecular weight is 526 g/mol. The first-order valence-electron chi connectivity index (χ1n) is 11.5. The summed E-state index contributed by atoms with van der Waals surface area (Å²) in [6.07, 6.45) is 0.0135. The van der Waals surface area contributed by atoms with E-state index in [4.69, 9.17) is 0 Å². The lowest BCUT2D eigenvalue weighted by Crippen LogP contribution is -2.49. The topological polar surface area (TPSA) is 96.4 Å². The summed E-state index contributed by atoms with van der Waals surface area (Å²) in [6, 6.07) is 2.85. The van der Waals surface area contributed by atoms with E-state index in [0.717, 1.165) is 18.4 Å². The molecule has 0 spiro atoms. The van der Waals surface area contributed by atoms with Crippen LogP contribution in [0.1, 0.15) is 53.3 Å². The molecule has 192 valence electrons. The first-order chi connectivity index (χ1) is 16.8. The summed E-state index contributed by atoms with van der Waals surface area (Å²) >= 11 is 0. The van der Waals surface area contributed by atoms with E-state index in [-0.39, 0.29) is 34.0 Å². The molecule has 2 aromatic rings. The summed E-state index contributed by atoms with van der Waals surface area (Å²) in [5.41, 5.74) is -1.24. The van der Waals surface area contributed by atoms with E-state index in [1.165, 1.54) is 23.2 Å². The smallest absolute Gasteiger partial charge is 0.347 e. The van der Waals surface area contributed by atoms with Crippen molar-refractivity contribution in [2.75, 3.05) is 6.26 Å². The quantitative estimate of drug-likeness (QED) is 0.583. The number of hydrogen-bond donors (Lipinski definition) is 1. The lowest BCUT2D eigenvalue weighted by atomic mass is 9.99. The second kappa shape index (κ2) is 8.53. The fourth-order valence-electron chi connectivity index (χ4n) is 4.96. The molecule has 7 nitrogen and oxygen atoms in total. The van der Waals surface area contributed by atoms with Crippen LogP contribution in [0.4, 0.5) is 17.6 Å². The van der Waals surface area contributed by atoms with Gasteiger partial charge in [-0.1, -0.05) is 6.07 Å². The Morgan fingerprint density at radius 1 is 1.14 bits per heavy atom. The monoisotopic (exact) mass is 525 g/mol. The molecule has 0 bridgehead atoms. The van der Waals surface area contributed by atoms with Gasteiger partial charge in [0.1, 0.15) is 17.6 Å². The van der Waals surface area contributed by atoms with Crippen LogP contribution >= 0.6 is 0 Å². The Hall–Kier alpha value is -3.02. The van der Waals surface area contributed by atoms with Gasteiger partial charge in [0.2, 0.25) is 5.91 Å². The Balaban J connectivity index is 1.38. The summed E-state index contributed by atoms with van der Waals surface area (Å²) in [4.78, 5) is 31.9. The van der Waals surface area contributed by atoms with Gasteiger partial charge < -0.3 is 10.2 Å². The lowest BCUT2D eigenvalue weighted by Gasteiger charge is -2.29. The molecule has 2 heterocycles. The van der Waals surface area contributed by atoms with E-state index in [1.54, 1.807) is 0 Å². The molecule has 2 amide bonds. The van der Waals surface area contributed by atoms with Crippen molar-refractivity contribution in [1.29, 1.82) is 0 Å². The van der Waals surface area contributed by atoms with Gasteiger partial charge in [0.25, 0.3) is 5.91 Å². The molecule has 0 unspecified atom stereocenters. The van der Waals surface area contributed by atoms with Crippen molar-refractivity contribution < 1.29 is 35.6 Å². The number of alkyl halides is 3. The minimum Gasteiger partial charge on any atom is -0.347 e. The molecular formula is C24H23F4N3O4S. The van der Waals surface area contributed by atoms with Crippen LogP contribution < -0.4 is 5.32 Å². The van der Waals surface area contributed by atoms with E-state index >= 15 is 0 Å². The third-order valence-electron chi connectivity index (χ3n) is 7.07. The molecule has 12 heteroatoms. The van der Waals surface area contributed by atoms with E-state index in [0.29, 0.717) is 31.7 Å². The van der Waals surface area contributed by atoms with Crippen LogP contribution in [0.2, 0.25) is 0 Å². The first kappa shape index (κ1) is 24.7. The number of pyridine rings is 1. The van der Waals surface area contributed by atoms with E-state index in [1.807, 2.05) is 0 Å². The molecule has 1 N–H and O–H groups in total. The zero-order valence-corrected chi connectivity index (χ0v) is 19.9. The molecule has 2 aliphatic carbocycles. The molecule has 1 aromatic heterocycles. The Labute approximate surface area is 204 Å². The van der Waals surface area contributed by atoms with Gasteiger partial charge >= 0.3 is 6.18 Å². The molecule has 36 heavy (non-hydrogen) atoms. The highest BCUT2D eigenvalue weighted by atomic mass is 32.2. The van der Waals surface area contributed by atoms with Gasteiger partial charge in [-0.25, -0.2) is 12.8 Å². The summed E-state index contributed by atoms with van der Waals surface area (Å²) in [5, 5.41) is 2.78. The highest BCUT2D eigenvalue weighted by molar-refractivity contribution is 7.90. The number of rotatable bonds is 6. The largest absolute Gasteiger partial charge is 0.416 e. The maximum Gasteiger partial charge on any atom is 0.416 e. The van der Waals surface area contributed by atoms with Crippen molar-refractivity contribution >= 4 is 21.7 Å². The fraction of sp³-hybridized carbons (Fsp3) is 0.458. The number of carbonyl (C=O) groups excluding carboxylic acids is 2. The number of fused-ring (bicyclic) bond motifs is 1. The summed E-state index contributed by atoms with van der Waals surface area (Å²) in [7, 11) is -3.58. The normalized spacial score (nSPS) is 24.2. The second-order valence-electron chi connectivity index (χ2n) is 9.73. The van der Waals surface area contributed by atoms with Crippen molar-refractivity contribution in [2.45, 2.75) is 54.9 Å². The zero-order chi connectivity index (χ0) is 26.0. The Morgan fingerprint density at radius 2 is 1.86 bits per heavy atom. The minimum atomic E-state index is -4.69. The predicted molar refractivity (Wildman–Crippen MR) is 119 cm³/mol. The van der Waals surface area contributed by atoms with E-state index < -0.39 is 51.3 Å². The van der Waals surface area contributed by atoms with Crippen LogP contribution in [-0.4, -0.2) is 48.5 Å². The third-order valence-corrected chi connectivity index (χ3v) is 8.18. The summed E-state index contributed by atoms with van der Waals surface area (Å²) in [6.45, 7) is 0. The van der Waals surface area contributed by atoms with Gasteiger partial charge in [0, 0.05) is 24.1 Å². The van der Waals surface area contributed by atoms with Crippen molar-refractivity contribution in [3.05, 3.63) is 59.2 Å². The summed E-state index contributed by atoms with van der Waals surface area (Å²) in [5.74, 6) is -2.15. The van der Waals surface area contributed by atoms with Crippen molar-refractivity contribution in [3.8, 4) is 0 Å². The molecule has 4 atom stereocenters. The number of carbonyl (C=O) groups is 2. The maximum absolute atomic E-state index is 14.7. The van der Waals surface area contributed by atoms with E-state index in [9.17, 15) is 35.6 Å². The number of nitrogens with one attached hydrogen (secondary N) is 1. The predicted octanol–water partition coefficient (Wildman–Crippen LogP) is 3.51. The molecule has 1 saturated heterocycles. The molecule has 5 rings (SSSR count). The number of halogens is 4. The molecular weight excluding hydrogens is 502 g/mol. The summed E-state index contributed by atoms with van der Waals surface area (Å²) < 4.78 is 77.4. The van der Waals surface area contributed by atoms with Gasteiger partial charge in [0.05, 0.1) is 16.5 Å². The fourth-order valence-corrected chi connectivity index (χ4v) is 5.59. The van der Waals surface area contributed by atoms with Crippen molar-refractivity contribution in [3.63, 3.8) is 0 Å². The number of benzene rings is 1. The molecule has 3 fully saturated rings. The Bertz CT molecular complexity index is 1340. The van der Waals surface area contributed by atoms with Gasteiger partial charge in [-0.05, 0) is 61.8 Å². The molecule has 3 aliphatic rings. The first-order valence-corrected chi connectivity index (χ1v) is 13.4. The van der Waals surface area contributed by atoms with E-state index in [2.05, 4.69) is 10.3 Å². The van der Waals surface area contributed by atoms with Crippen LogP contribution in [0, 0.1) is 17.7 Å². The van der Waals surface area contributed by atoms with Gasteiger partial charge in [-0.3, -0.25) is 14.6 Å². The van der Waals surface area contributed by atoms with Gasteiger partial charge in [0.15, 0.2) is 9.84 Å². The maximum atomic E-state index is 14.7. The van der Waals surface area contributed by atoms with Gasteiger partial charge in [-0.15, -0.1) is 0 Å². The number of sulfone groups is 1. The SMILES string of the molecule is CS(=O)(=O)c1ccnc(C(=O)N2[C@@H](C(=O)N[C@@H](c3ccc(C(F)(F)F)cc3F)C3CC3)C[C@H]3C[C@H]32)c1. The lowest BCUT2D eigenvalue weighted by molar-refractivity contribution is -0.137. The van der Waals surface area contributed by atoms with Gasteiger partial charge in [-0.2, -0.15) is 13.2 Å². The van der Waals surface area contributed by atoms with Crippen molar-refractivity contribution in [1.82, 2.24) is 15.2 Å². The highest BCUT2D eigenvalue weighted by Gasteiger charge is 2.56. The van der Waals surface area contributed by atoms with Crippen LogP contribution in [0.25, 0.3) is 0 Å². The molecule has 1 aliphatic heterocycles. The number of amides is 2. The number of aromatic nitrogens is 1. The van der Waals surface area contributed by atoms with Crippen LogP contribution in [0.5, 0.6) is 0 Å². The Kier molecular flexibility index (Phi) is 5.85. The third kappa shape index (κ3) is 4.70. The Morgan fingerprint density at radius 3 is 2.47 bits per heavy atom. The number of hydrogen-bond acceptors (Lipinski definition) is 5. The molecule has 2 saturated carbocycles. The molecule has 0 radical (unpaired) electrons. The standard InChI is InChI=1S/C24H23F4N3O4S/c1-36(34,35)15-6-7-29-18(11-15)23(33)31-19-8-13(19)9-20(31)22(32)30-21(12-2-3-12)16-5-4-14(10-17(16)25)24(26,27)28/h4-7,10-13,19-21H,2-3,8-9H2,1H3,(H,30,32)/t13-,19-,20-,21-/m1/s1. The van der Waals surface area contributed by atoms with Crippen LogP contribution in [0.3, 0.4) is 0 Å². The minimum absolute atomic E-state index is 0.0256. The van der Waals surface area contributed by atoms with Crippen LogP contribution in [0.15, 0.2) is 41.4 Å². The number of piperidine rings is 1. The highest BCUT2D eigenvalue weighted by Crippen LogP contribution is 2.49. The van der Waals surface area contributed by atoms with Crippen LogP contribution in [-0.2, 0) is 20.8 Å².